The molecule has 1 amide bonds. The van der Waals surface area contributed by atoms with Crippen molar-refractivity contribution in [1.29, 1.82) is 0 Å². The van der Waals surface area contributed by atoms with E-state index in [1.807, 2.05) is 5.38 Å². The molecule has 2 aromatic heterocycles. The van der Waals surface area contributed by atoms with Crippen molar-refractivity contribution in [2.45, 2.75) is 23.7 Å². The highest BCUT2D eigenvalue weighted by molar-refractivity contribution is 7.89. The fourth-order valence-electron chi connectivity index (χ4n) is 3.32. The summed E-state index contributed by atoms with van der Waals surface area (Å²) in [5.41, 5.74) is 0.924. The molecule has 162 valence electrons. The van der Waals surface area contributed by atoms with Crippen LogP contribution in [0.25, 0.3) is 10.8 Å². The Labute approximate surface area is 183 Å². The fourth-order valence-corrected chi connectivity index (χ4v) is 5.49. The van der Waals surface area contributed by atoms with Crippen LogP contribution < -0.4 is 5.32 Å². The first kappa shape index (κ1) is 20.3. The van der Waals surface area contributed by atoms with Gasteiger partial charge in [-0.2, -0.15) is 9.29 Å². The Kier molecular flexibility index (Phi) is 5.34. The van der Waals surface area contributed by atoms with E-state index < -0.39 is 10.0 Å². The molecule has 1 aliphatic carbocycles. The van der Waals surface area contributed by atoms with Crippen LogP contribution in [-0.2, 0) is 14.8 Å². The Balaban J connectivity index is 1.31. The maximum atomic E-state index is 12.7. The molecule has 0 bridgehead atoms. The number of ether oxygens (including phenoxy) is 1. The monoisotopic (exact) mass is 460 g/mol. The zero-order chi connectivity index (χ0) is 21.4. The number of carbonyl (C=O) groups excluding carboxylic acids is 1. The molecule has 31 heavy (non-hydrogen) atoms. The zero-order valence-electron chi connectivity index (χ0n) is 16.5. The second-order valence-electron chi connectivity index (χ2n) is 7.39. The number of nitrogens with zero attached hydrogens (tertiary/aromatic N) is 3. The Morgan fingerprint density at radius 1 is 1.13 bits per heavy atom. The first-order chi connectivity index (χ1) is 15.0. The molecule has 1 aliphatic heterocycles. The van der Waals surface area contributed by atoms with Crippen molar-refractivity contribution in [2.24, 2.45) is 0 Å². The topological polar surface area (TPSA) is 115 Å². The van der Waals surface area contributed by atoms with Gasteiger partial charge in [-0.25, -0.2) is 8.42 Å². The number of nitrogens with one attached hydrogen (secondary N) is 1. The van der Waals surface area contributed by atoms with E-state index in [1.54, 1.807) is 6.07 Å². The van der Waals surface area contributed by atoms with Gasteiger partial charge in [0.25, 0.3) is 11.8 Å². The molecule has 1 saturated heterocycles. The van der Waals surface area contributed by atoms with E-state index in [0.717, 1.165) is 12.8 Å². The summed E-state index contributed by atoms with van der Waals surface area (Å²) < 4.78 is 37.4. The number of carbonyl (C=O) groups is 1. The molecule has 9 nitrogen and oxygen atoms in total. The van der Waals surface area contributed by atoms with Crippen molar-refractivity contribution in [3.05, 3.63) is 47.1 Å². The minimum atomic E-state index is -3.60. The van der Waals surface area contributed by atoms with Gasteiger partial charge in [-0.1, -0.05) is 5.16 Å². The SMILES string of the molecule is O=C(Nc1ccsc1-c1nc(C2CC2)no1)c1ccc(S(=O)(=O)N2CCOCC2)cc1. The summed E-state index contributed by atoms with van der Waals surface area (Å²) in [4.78, 5) is 18.0. The lowest BCUT2D eigenvalue weighted by molar-refractivity contribution is 0.0730. The molecular formula is C20H20N4O5S2. The molecule has 0 atom stereocenters. The molecule has 3 aromatic rings. The Hall–Kier alpha value is -2.60. The standard InChI is InChI=1S/C20H20N4O5S2/c25-19(14-3-5-15(6-4-14)31(26,27)24-8-10-28-11-9-24)21-16-7-12-30-17(16)20-22-18(23-29-20)13-1-2-13/h3-7,12-13H,1-2,8-11H2,(H,21,25). The molecule has 0 unspecified atom stereocenters. The van der Waals surface area contributed by atoms with Crippen molar-refractivity contribution in [1.82, 2.24) is 14.4 Å². The zero-order valence-corrected chi connectivity index (χ0v) is 18.1. The van der Waals surface area contributed by atoms with E-state index in [0.29, 0.717) is 60.1 Å². The Morgan fingerprint density at radius 2 is 1.87 bits per heavy atom. The van der Waals surface area contributed by atoms with Gasteiger partial charge in [0, 0.05) is 24.6 Å². The van der Waals surface area contributed by atoms with Gasteiger partial charge >= 0.3 is 0 Å². The smallest absolute Gasteiger partial charge is 0.270 e. The normalized spacial score (nSPS) is 17.5. The van der Waals surface area contributed by atoms with E-state index in [-0.39, 0.29) is 10.8 Å². The molecule has 3 heterocycles. The van der Waals surface area contributed by atoms with Crippen LogP contribution in [-0.4, -0.2) is 55.1 Å². The number of thiophene rings is 1. The third-order valence-electron chi connectivity index (χ3n) is 5.22. The molecule has 0 spiro atoms. The van der Waals surface area contributed by atoms with Crippen molar-refractivity contribution in [3.63, 3.8) is 0 Å². The van der Waals surface area contributed by atoms with Crippen LogP contribution in [0.15, 0.2) is 45.1 Å². The lowest BCUT2D eigenvalue weighted by Gasteiger charge is -2.26. The maximum absolute atomic E-state index is 12.7. The molecular weight excluding hydrogens is 440 g/mol. The predicted octanol–water partition coefficient (Wildman–Crippen LogP) is 2.95. The van der Waals surface area contributed by atoms with Crippen LogP contribution in [0, 0.1) is 0 Å². The second kappa shape index (κ2) is 8.15. The lowest BCUT2D eigenvalue weighted by atomic mass is 10.2. The van der Waals surface area contributed by atoms with Crippen LogP contribution in [0.4, 0.5) is 5.69 Å². The van der Waals surface area contributed by atoms with Crippen LogP contribution in [0.2, 0.25) is 0 Å². The molecule has 2 fully saturated rings. The van der Waals surface area contributed by atoms with Gasteiger partial charge in [0.15, 0.2) is 5.82 Å². The number of morpholine rings is 1. The van der Waals surface area contributed by atoms with Gasteiger partial charge in [0.2, 0.25) is 10.0 Å². The fraction of sp³-hybridized carbons (Fsp3) is 0.350. The molecule has 1 N–H and O–H groups in total. The van der Waals surface area contributed by atoms with Crippen molar-refractivity contribution >= 4 is 33.0 Å². The molecule has 1 aromatic carbocycles. The predicted molar refractivity (Wildman–Crippen MR) is 114 cm³/mol. The van der Waals surface area contributed by atoms with Gasteiger partial charge in [-0.15, -0.1) is 11.3 Å². The average molecular weight is 461 g/mol. The third-order valence-corrected chi connectivity index (χ3v) is 8.03. The number of hydrogen-bond donors (Lipinski definition) is 1. The Bertz CT molecular complexity index is 1190. The largest absolute Gasteiger partial charge is 0.379 e. The van der Waals surface area contributed by atoms with Gasteiger partial charge in [-0.05, 0) is 48.6 Å². The third kappa shape index (κ3) is 4.13. The minimum Gasteiger partial charge on any atom is -0.379 e. The number of hydrogen-bond acceptors (Lipinski definition) is 8. The number of aromatic nitrogens is 2. The maximum Gasteiger partial charge on any atom is 0.270 e. The van der Waals surface area contributed by atoms with E-state index >= 15 is 0 Å². The van der Waals surface area contributed by atoms with Gasteiger partial charge in [-0.3, -0.25) is 4.79 Å². The molecule has 5 rings (SSSR count). The van der Waals surface area contributed by atoms with E-state index in [2.05, 4.69) is 15.5 Å². The first-order valence-electron chi connectivity index (χ1n) is 9.93. The summed E-state index contributed by atoms with van der Waals surface area (Å²) in [6.45, 7) is 1.41. The van der Waals surface area contributed by atoms with Gasteiger partial charge < -0.3 is 14.6 Å². The van der Waals surface area contributed by atoms with Crippen LogP contribution in [0.1, 0.15) is 34.9 Å². The summed E-state index contributed by atoms with van der Waals surface area (Å²) in [5.74, 6) is 1.12. The quantitative estimate of drug-likeness (QED) is 0.601. The summed E-state index contributed by atoms with van der Waals surface area (Å²) in [5, 5.41) is 8.71. The number of rotatable bonds is 6. The van der Waals surface area contributed by atoms with Crippen LogP contribution in [0.3, 0.4) is 0 Å². The van der Waals surface area contributed by atoms with Crippen LogP contribution in [0.5, 0.6) is 0 Å². The Morgan fingerprint density at radius 3 is 2.58 bits per heavy atom. The van der Waals surface area contributed by atoms with E-state index in [1.165, 1.54) is 39.9 Å². The van der Waals surface area contributed by atoms with Crippen molar-refractivity contribution in [2.75, 3.05) is 31.6 Å². The second-order valence-corrected chi connectivity index (χ2v) is 10.2. The summed E-state index contributed by atoms with van der Waals surface area (Å²) >= 11 is 1.40. The number of sulfonamides is 1. The van der Waals surface area contributed by atoms with E-state index in [4.69, 9.17) is 9.26 Å². The molecule has 0 radical (unpaired) electrons. The van der Waals surface area contributed by atoms with E-state index in [9.17, 15) is 13.2 Å². The highest BCUT2D eigenvalue weighted by atomic mass is 32.2. The highest BCUT2D eigenvalue weighted by Crippen LogP contribution is 2.40. The summed E-state index contributed by atoms with van der Waals surface area (Å²) in [7, 11) is -3.60. The minimum absolute atomic E-state index is 0.153. The molecule has 1 saturated carbocycles. The van der Waals surface area contributed by atoms with Crippen LogP contribution >= 0.6 is 11.3 Å². The van der Waals surface area contributed by atoms with Crippen molar-refractivity contribution < 1.29 is 22.5 Å². The summed E-state index contributed by atoms with van der Waals surface area (Å²) in [6.07, 6.45) is 2.15. The summed E-state index contributed by atoms with van der Waals surface area (Å²) in [6, 6.07) is 7.69. The molecule has 2 aliphatic rings. The number of amides is 1. The number of benzene rings is 1. The average Bonchev–Trinajstić information content (AvgIpc) is 3.35. The van der Waals surface area contributed by atoms with Gasteiger partial charge in [0.1, 0.15) is 4.88 Å². The first-order valence-corrected chi connectivity index (χ1v) is 12.2. The lowest BCUT2D eigenvalue weighted by Crippen LogP contribution is -2.40. The highest BCUT2D eigenvalue weighted by Gasteiger charge is 2.30. The number of anilines is 1. The molecule has 11 heteroatoms. The van der Waals surface area contributed by atoms with Gasteiger partial charge in [0.05, 0.1) is 23.8 Å². The van der Waals surface area contributed by atoms with Crippen molar-refractivity contribution in [3.8, 4) is 10.8 Å².